The van der Waals surface area contributed by atoms with Crippen LogP contribution in [0.25, 0.3) is 0 Å². The predicted octanol–water partition coefficient (Wildman–Crippen LogP) is 5.16. The quantitative estimate of drug-likeness (QED) is 0.602. The zero-order chi connectivity index (χ0) is 22.4. The second-order valence-electron chi connectivity index (χ2n) is 8.86. The summed E-state index contributed by atoms with van der Waals surface area (Å²) in [5.74, 6) is 1.15. The highest BCUT2D eigenvalue weighted by molar-refractivity contribution is 7.71. The molecule has 1 aliphatic rings. The average molecular weight is 440 g/mol. The Balaban J connectivity index is 1.49. The van der Waals surface area contributed by atoms with Crippen LogP contribution in [0.2, 0.25) is 0 Å². The minimum absolute atomic E-state index is 0.240. The van der Waals surface area contributed by atoms with E-state index in [9.17, 15) is 4.79 Å². The van der Waals surface area contributed by atoms with E-state index < -0.39 is 5.60 Å². The molecule has 2 aromatic rings. The SMILES string of the molecule is CC(C)(C)OC(=O)N1CCC(COc2ccn(Cc3cccc(C#N)c3)c(=S)c2)CC1. The predicted molar refractivity (Wildman–Crippen MR) is 122 cm³/mol. The molecule has 0 atom stereocenters. The van der Waals surface area contributed by atoms with Gasteiger partial charge < -0.3 is 18.9 Å². The zero-order valence-electron chi connectivity index (χ0n) is 18.3. The van der Waals surface area contributed by atoms with E-state index in [4.69, 9.17) is 27.0 Å². The highest BCUT2D eigenvalue weighted by Gasteiger charge is 2.27. The molecule has 1 aromatic carbocycles. The molecule has 0 unspecified atom stereocenters. The summed E-state index contributed by atoms with van der Waals surface area (Å²) in [5.41, 5.74) is 1.20. The van der Waals surface area contributed by atoms with E-state index in [0.717, 1.165) is 24.2 Å². The molecule has 0 radical (unpaired) electrons. The minimum atomic E-state index is -0.471. The van der Waals surface area contributed by atoms with Gasteiger partial charge in [0.1, 0.15) is 16.0 Å². The maximum Gasteiger partial charge on any atom is 0.410 e. The molecule has 6 nitrogen and oxygen atoms in total. The van der Waals surface area contributed by atoms with Crippen molar-refractivity contribution < 1.29 is 14.3 Å². The Labute approximate surface area is 189 Å². The summed E-state index contributed by atoms with van der Waals surface area (Å²) in [5, 5.41) is 9.05. The van der Waals surface area contributed by atoms with Gasteiger partial charge in [-0.2, -0.15) is 5.26 Å². The number of carbonyl (C=O) groups is 1. The van der Waals surface area contributed by atoms with Crippen LogP contribution < -0.4 is 4.74 Å². The Morgan fingerprint density at radius 1 is 1.23 bits per heavy atom. The number of rotatable bonds is 5. The van der Waals surface area contributed by atoms with Crippen LogP contribution in [0.1, 0.15) is 44.7 Å². The monoisotopic (exact) mass is 439 g/mol. The van der Waals surface area contributed by atoms with E-state index in [1.807, 2.05) is 61.9 Å². The topological polar surface area (TPSA) is 67.5 Å². The standard InChI is InChI=1S/C24H29N3O3S/c1-24(2,3)30-23(28)26-10-7-18(8-11-26)17-29-21-9-12-27(22(31)14-21)16-20-6-4-5-19(13-20)15-25/h4-6,9,12-14,18H,7-8,10-11,16-17H2,1-3H3. The van der Waals surface area contributed by atoms with Crippen molar-refractivity contribution in [2.75, 3.05) is 19.7 Å². The number of hydrogen-bond acceptors (Lipinski definition) is 5. The van der Waals surface area contributed by atoms with E-state index in [2.05, 4.69) is 6.07 Å². The third kappa shape index (κ3) is 6.83. The van der Waals surface area contributed by atoms with Crippen LogP contribution in [0.3, 0.4) is 0 Å². The van der Waals surface area contributed by atoms with Crippen LogP contribution in [0, 0.1) is 21.9 Å². The second-order valence-corrected chi connectivity index (χ2v) is 9.28. The van der Waals surface area contributed by atoms with Crippen molar-refractivity contribution in [3.8, 4) is 11.8 Å². The van der Waals surface area contributed by atoms with Gasteiger partial charge in [0.15, 0.2) is 0 Å². The zero-order valence-corrected chi connectivity index (χ0v) is 19.2. The summed E-state index contributed by atoms with van der Waals surface area (Å²) in [7, 11) is 0. The number of piperidine rings is 1. The Morgan fingerprint density at radius 3 is 2.61 bits per heavy atom. The van der Waals surface area contributed by atoms with E-state index >= 15 is 0 Å². The first-order valence-corrected chi connectivity index (χ1v) is 10.9. The molecular formula is C24H29N3O3S. The molecular weight excluding hydrogens is 410 g/mol. The lowest BCUT2D eigenvalue weighted by molar-refractivity contribution is 0.0165. The summed E-state index contributed by atoms with van der Waals surface area (Å²) in [6, 6.07) is 13.5. The third-order valence-corrected chi connectivity index (χ3v) is 5.48. The number of nitriles is 1. The summed E-state index contributed by atoms with van der Waals surface area (Å²) in [6.45, 7) is 8.23. The fraction of sp³-hybridized carbons (Fsp3) is 0.458. The first kappa shape index (κ1) is 22.8. The smallest absolute Gasteiger partial charge is 0.410 e. The number of ether oxygens (including phenoxy) is 2. The van der Waals surface area contributed by atoms with Gasteiger partial charge in [-0.3, -0.25) is 0 Å². The number of hydrogen-bond donors (Lipinski definition) is 0. The fourth-order valence-electron chi connectivity index (χ4n) is 3.47. The first-order valence-electron chi connectivity index (χ1n) is 10.5. The highest BCUT2D eigenvalue weighted by Crippen LogP contribution is 2.21. The van der Waals surface area contributed by atoms with Crippen molar-refractivity contribution in [3.63, 3.8) is 0 Å². The molecule has 2 heterocycles. The van der Waals surface area contributed by atoms with Gasteiger partial charge in [-0.05, 0) is 63.3 Å². The first-order chi connectivity index (χ1) is 14.7. The molecule has 1 saturated heterocycles. The minimum Gasteiger partial charge on any atom is -0.493 e. The molecule has 0 aliphatic carbocycles. The molecule has 1 aliphatic heterocycles. The van der Waals surface area contributed by atoms with E-state index in [1.54, 1.807) is 11.0 Å². The molecule has 7 heteroatoms. The van der Waals surface area contributed by atoms with Crippen LogP contribution in [-0.4, -0.2) is 40.9 Å². The number of aromatic nitrogens is 1. The van der Waals surface area contributed by atoms with E-state index in [1.165, 1.54) is 0 Å². The number of pyridine rings is 1. The normalized spacial score (nSPS) is 14.7. The van der Waals surface area contributed by atoms with Gasteiger partial charge in [0.05, 0.1) is 18.2 Å². The molecule has 3 rings (SSSR count). The number of benzene rings is 1. The molecule has 0 spiro atoms. The largest absolute Gasteiger partial charge is 0.493 e. The fourth-order valence-corrected chi connectivity index (χ4v) is 3.71. The Hall–Kier alpha value is -2.85. The number of likely N-dealkylation sites (tertiary alicyclic amines) is 1. The van der Waals surface area contributed by atoms with Gasteiger partial charge in [-0.15, -0.1) is 0 Å². The second kappa shape index (κ2) is 9.97. The molecule has 0 N–H and O–H groups in total. The van der Waals surface area contributed by atoms with Crippen LogP contribution in [0.15, 0.2) is 42.6 Å². The van der Waals surface area contributed by atoms with Gasteiger partial charge in [0.2, 0.25) is 0 Å². The van der Waals surface area contributed by atoms with Crippen molar-refractivity contribution in [1.29, 1.82) is 5.26 Å². The summed E-state index contributed by atoms with van der Waals surface area (Å²) in [6.07, 6.45) is 3.46. The number of amides is 1. The van der Waals surface area contributed by atoms with Crippen molar-refractivity contribution in [2.45, 2.75) is 45.8 Å². The van der Waals surface area contributed by atoms with Crippen molar-refractivity contribution in [1.82, 2.24) is 9.47 Å². The molecule has 0 saturated carbocycles. The molecule has 0 bridgehead atoms. The lowest BCUT2D eigenvalue weighted by atomic mass is 9.98. The highest BCUT2D eigenvalue weighted by atomic mass is 32.1. The number of carbonyl (C=O) groups excluding carboxylic acids is 1. The Kier molecular flexibility index (Phi) is 7.34. The van der Waals surface area contributed by atoms with Gasteiger partial charge in [0.25, 0.3) is 0 Å². The summed E-state index contributed by atoms with van der Waals surface area (Å²) < 4.78 is 14.1. The van der Waals surface area contributed by atoms with Gasteiger partial charge >= 0.3 is 6.09 Å². The van der Waals surface area contributed by atoms with Crippen LogP contribution >= 0.6 is 12.2 Å². The molecule has 1 aromatic heterocycles. The van der Waals surface area contributed by atoms with Crippen molar-refractivity contribution in [3.05, 3.63) is 58.4 Å². The van der Waals surface area contributed by atoms with Crippen LogP contribution in [0.4, 0.5) is 4.79 Å². The number of nitrogens with zero attached hydrogens (tertiary/aromatic N) is 3. The van der Waals surface area contributed by atoms with E-state index in [0.29, 0.717) is 42.4 Å². The lowest BCUT2D eigenvalue weighted by Crippen LogP contribution is -2.42. The van der Waals surface area contributed by atoms with Crippen LogP contribution in [0.5, 0.6) is 5.75 Å². The molecule has 1 fully saturated rings. The Morgan fingerprint density at radius 2 is 1.97 bits per heavy atom. The average Bonchev–Trinajstić information content (AvgIpc) is 2.73. The van der Waals surface area contributed by atoms with E-state index in [-0.39, 0.29) is 6.09 Å². The molecule has 164 valence electrons. The van der Waals surface area contributed by atoms with Gasteiger partial charge in [-0.25, -0.2) is 4.79 Å². The van der Waals surface area contributed by atoms with Crippen molar-refractivity contribution >= 4 is 18.3 Å². The van der Waals surface area contributed by atoms with Crippen molar-refractivity contribution in [2.24, 2.45) is 5.92 Å². The van der Waals surface area contributed by atoms with Crippen LogP contribution in [-0.2, 0) is 11.3 Å². The maximum atomic E-state index is 12.2. The molecule has 31 heavy (non-hydrogen) atoms. The third-order valence-electron chi connectivity index (χ3n) is 5.13. The molecule has 1 amide bonds. The summed E-state index contributed by atoms with van der Waals surface area (Å²) in [4.78, 5) is 14.0. The van der Waals surface area contributed by atoms with Gasteiger partial charge in [-0.1, -0.05) is 24.4 Å². The lowest BCUT2D eigenvalue weighted by Gasteiger charge is -2.33. The Bertz CT molecular complexity index is 1010. The maximum absolute atomic E-state index is 12.2. The van der Waals surface area contributed by atoms with Gasteiger partial charge in [0, 0.05) is 31.9 Å². The summed E-state index contributed by atoms with van der Waals surface area (Å²) >= 11 is 5.52.